The summed E-state index contributed by atoms with van der Waals surface area (Å²) in [6, 6.07) is 15.8. The fourth-order valence-corrected chi connectivity index (χ4v) is 3.54. The number of amides is 3. The van der Waals surface area contributed by atoms with Crippen LogP contribution in [-0.4, -0.2) is 43.0 Å². The third kappa shape index (κ3) is 6.91. The summed E-state index contributed by atoms with van der Waals surface area (Å²) < 4.78 is 0. The smallest absolute Gasteiger partial charge is 0.323 e. The van der Waals surface area contributed by atoms with E-state index in [1.54, 1.807) is 24.3 Å². The van der Waals surface area contributed by atoms with E-state index >= 15 is 0 Å². The van der Waals surface area contributed by atoms with E-state index in [0.717, 1.165) is 12.2 Å². The number of nitrogens with zero attached hydrogens (tertiary/aromatic N) is 1. The molecule has 0 saturated carbocycles. The zero-order valence-electron chi connectivity index (χ0n) is 17.0. The van der Waals surface area contributed by atoms with Gasteiger partial charge in [0.1, 0.15) is 0 Å². The summed E-state index contributed by atoms with van der Waals surface area (Å²) in [5.41, 5.74) is 1.94. The molecule has 1 unspecified atom stereocenters. The van der Waals surface area contributed by atoms with Crippen molar-refractivity contribution in [1.29, 1.82) is 0 Å². The molecular weight excluding hydrogens is 364 g/mol. The van der Waals surface area contributed by atoms with Crippen LogP contribution in [-0.2, 0) is 0 Å². The van der Waals surface area contributed by atoms with E-state index in [1.165, 1.54) is 32.4 Å². The molecule has 0 aliphatic carbocycles. The number of piperidine rings is 1. The summed E-state index contributed by atoms with van der Waals surface area (Å²) in [4.78, 5) is 26.9. The van der Waals surface area contributed by atoms with E-state index in [1.807, 2.05) is 30.3 Å². The number of anilines is 2. The van der Waals surface area contributed by atoms with E-state index in [2.05, 4.69) is 27.8 Å². The molecule has 29 heavy (non-hydrogen) atoms. The lowest BCUT2D eigenvalue weighted by Crippen LogP contribution is -2.38. The van der Waals surface area contributed by atoms with Gasteiger partial charge in [-0.05, 0) is 68.2 Å². The molecule has 3 rings (SSSR count). The first kappa shape index (κ1) is 20.9. The van der Waals surface area contributed by atoms with Crippen LogP contribution in [0.3, 0.4) is 0 Å². The molecule has 1 saturated heterocycles. The van der Waals surface area contributed by atoms with Crippen LogP contribution < -0.4 is 16.0 Å². The second-order valence-corrected chi connectivity index (χ2v) is 7.70. The summed E-state index contributed by atoms with van der Waals surface area (Å²) >= 11 is 0. The van der Waals surface area contributed by atoms with Gasteiger partial charge >= 0.3 is 6.03 Å². The molecule has 0 bridgehead atoms. The van der Waals surface area contributed by atoms with Crippen LogP contribution in [0.1, 0.15) is 36.5 Å². The molecule has 0 aromatic heterocycles. The highest BCUT2D eigenvalue weighted by molar-refractivity contribution is 6.00. The highest BCUT2D eigenvalue weighted by Gasteiger charge is 2.14. The van der Waals surface area contributed by atoms with Gasteiger partial charge in [-0.25, -0.2) is 4.79 Å². The van der Waals surface area contributed by atoms with Gasteiger partial charge in [-0.1, -0.05) is 31.5 Å². The number of urea groups is 1. The predicted molar refractivity (Wildman–Crippen MR) is 117 cm³/mol. The van der Waals surface area contributed by atoms with Crippen LogP contribution in [0.2, 0.25) is 0 Å². The Balaban J connectivity index is 1.42. The van der Waals surface area contributed by atoms with Gasteiger partial charge in [-0.3, -0.25) is 4.79 Å². The SMILES string of the molecule is CC(CNC(=O)c1ccc(NC(=O)Nc2ccccc2)cc1)CN1CCCCC1. The average Bonchev–Trinajstić information content (AvgIpc) is 2.74. The second kappa shape index (κ2) is 10.6. The van der Waals surface area contributed by atoms with Crippen molar-refractivity contribution >= 4 is 23.3 Å². The highest BCUT2D eigenvalue weighted by atomic mass is 16.2. The summed E-state index contributed by atoms with van der Waals surface area (Å²) in [6.07, 6.45) is 3.89. The number of benzene rings is 2. The van der Waals surface area contributed by atoms with E-state index < -0.39 is 0 Å². The van der Waals surface area contributed by atoms with Crippen LogP contribution in [0.4, 0.5) is 16.2 Å². The molecule has 1 aliphatic rings. The van der Waals surface area contributed by atoms with Gasteiger partial charge in [-0.15, -0.1) is 0 Å². The number of para-hydroxylation sites is 1. The number of likely N-dealkylation sites (tertiary alicyclic amines) is 1. The fraction of sp³-hybridized carbons (Fsp3) is 0.391. The molecule has 6 nitrogen and oxygen atoms in total. The van der Waals surface area contributed by atoms with E-state index in [-0.39, 0.29) is 11.9 Å². The topological polar surface area (TPSA) is 73.5 Å². The number of nitrogens with one attached hydrogen (secondary N) is 3. The Morgan fingerprint density at radius 2 is 1.52 bits per heavy atom. The van der Waals surface area contributed by atoms with Gasteiger partial charge in [0.2, 0.25) is 0 Å². The Morgan fingerprint density at radius 1 is 0.897 bits per heavy atom. The zero-order valence-corrected chi connectivity index (χ0v) is 17.0. The Kier molecular flexibility index (Phi) is 7.64. The van der Waals surface area contributed by atoms with Gasteiger partial charge in [0.15, 0.2) is 0 Å². The standard InChI is InChI=1S/C23H30N4O2/c1-18(17-27-14-6-3-7-15-27)16-24-22(28)19-10-12-21(13-11-19)26-23(29)25-20-8-4-2-5-9-20/h2,4-5,8-13,18H,3,6-7,14-17H2,1H3,(H,24,28)(H2,25,26,29). The van der Waals surface area contributed by atoms with Crippen molar-refractivity contribution in [3.63, 3.8) is 0 Å². The molecule has 3 N–H and O–H groups in total. The molecule has 0 spiro atoms. The fourth-order valence-electron chi connectivity index (χ4n) is 3.54. The van der Waals surface area contributed by atoms with Crippen molar-refractivity contribution < 1.29 is 9.59 Å². The maximum atomic E-state index is 12.4. The Morgan fingerprint density at radius 3 is 2.17 bits per heavy atom. The minimum atomic E-state index is -0.320. The van der Waals surface area contributed by atoms with Crippen molar-refractivity contribution in [3.05, 3.63) is 60.2 Å². The average molecular weight is 395 g/mol. The molecule has 6 heteroatoms. The number of hydrogen-bond donors (Lipinski definition) is 3. The molecule has 1 fully saturated rings. The van der Waals surface area contributed by atoms with Crippen LogP contribution in [0.15, 0.2) is 54.6 Å². The highest BCUT2D eigenvalue weighted by Crippen LogP contribution is 2.13. The first-order valence-corrected chi connectivity index (χ1v) is 10.3. The molecule has 2 aromatic rings. The first-order chi connectivity index (χ1) is 14.1. The molecule has 1 atom stereocenters. The van der Waals surface area contributed by atoms with Gasteiger partial charge in [0.05, 0.1) is 0 Å². The Bertz CT molecular complexity index is 786. The molecule has 3 amide bonds. The largest absolute Gasteiger partial charge is 0.352 e. The van der Waals surface area contributed by atoms with Gasteiger partial charge in [0, 0.05) is 30.0 Å². The number of carbonyl (C=O) groups excluding carboxylic acids is 2. The maximum Gasteiger partial charge on any atom is 0.323 e. The molecule has 1 heterocycles. The Hall–Kier alpha value is -2.86. The third-order valence-electron chi connectivity index (χ3n) is 5.07. The lowest BCUT2D eigenvalue weighted by Gasteiger charge is -2.29. The summed E-state index contributed by atoms with van der Waals surface area (Å²) in [5.74, 6) is 0.329. The van der Waals surface area contributed by atoms with Gasteiger partial charge in [-0.2, -0.15) is 0 Å². The van der Waals surface area contributed by atoms with E-state index in [0.29, 0.717) is 23.7 Å². The Labute approximate surface area is 172 Å². The van der Waals surface area contributed by atoms with Crippen LogP contribution in [0.5, 0.6) is 0 Å². The quantitative estimate of drug-likeness (QED) is 0.659. The molecule has 1 aliphatic heterocycles. The van der Waals surface area contributed by atoms with Crippen molar-refractivity contribution in [2.45, 2.75) is 26.2 Å². The van der Waals surface area contributed by atoms with Crippen molar-refractivity contribution in [2.24, 2.45) is 5.92 Å². The maximum absolute atomic E-state index is 12.4. The van der Waals surface area contributed by atoms with Crippen LogP contribution >= 0.6 is 0 Å². The minimum absolute atomic E-state index is 0.0872. The minimum Gasteiger partial charge on any atom is -0.352 e. The summed E-state index contributed by atoms with van der Waals surface area (Å²) in [5, 5.41) is 8.54. The number of rotatable bonds is 7. The van der Waals surface area contributed by atoms with Crippen LogP contribution in [0, 0.1) is 5.92 Å². The monoisotopic (exact) mass is 394 g/mol. The van der Waals surface area contributed by atoms with Gasteiger partial charge < -0.3 is 20.9 Å². The molecular formula is C23H30N4O2. The number of hydrogen-bond acceptors (Lipinski definition) is 3. The van der Waals surface area contributed by atoms with E-state index in [4.69, 9.17) is 0 Å². The second-order valence-electron chi connectivity index (χ2n) is 7.70. The predicted octanol–water partition coefficient (Wildman–Crippen LogP) is 4.18. The molecule has 0 radical (unpaired) electrons. The third-order valence-corrected chi connectivity index (χ3v) is 5.07. The van der Waals surface area contributed by atoms with Crippen molar-refractivity contribution in [2.75, 3.05) is 36.8 Å². The normalized spacial score (nSPS) is 15.3. The van der Waals surface area contributed by atoms with Crippen molar-refractivity contribution in [3.8, 4) is 0 Å². The lowest BCUT2D eigenvalue weighted by molar-refractivity contribution is 0.0942. The van der Waals surface area contributed by atoms with E-state index in [9.17, 15) is 9.59 Å². The van der Waals surface area contributed by atoms with Crippen LogP contribution in [0.25, 0.3) is 0 Å². The van der Waals surface area contributed by atoms with Crippen molar-refractivity contribution in [1.82, 2.24) is 10.2 Å². The summed E-state index contributed by atoms with van der Waals surface area (Å²) in [6.45, 7) is 6.21. The molecule has 154 valence electrons. The number of carbonyl (C=O) groups is 2. The van der Waals surface area contributed by atoms with Gasteiger partial charge in [0.25, 0.3) is 5.91 Å². The first-order valence-electron chi connectivity index (χ1n) is 10.3. The molecule has 2 aromatic carbocycles. The zero-order chi connectivity index (χ0) is 20.5. The summed E-state index contributed by atoms with van der Waals surface area (Å²) in [7, 11) is 0. The lowest BCUT2D eigenvalue weighted by atomic mass is 10.1.